The van der Waals surface area contributed by atoms with E-state index in [4.69, 9.17) is 5.73 Å². The predicted molar refractivity (Wildman–Crippen MR) is 71.5 cm³/mol. The third kappa shape index (κ3) is 3.07. The van der Waals surface area contributed by atoms with Crippen molar-refractivity contribution in [1.29, 1.82) is 0 Å². The zero-order valence-corrected chi connectivity index (χ0v) is 12.3. The number of hydrogen-bond donors (Lipinski definition) is 1. The third-order valence-electron chi connectivity index (χ3n) is 3.01. The van der Waals surface area contributed by atoms with Gasteiger partial charge in [0, 0.05) is 24.5 Å². The maximum atomic E-state index is 12.3. The standard InChI is InChI=1S/C11H20N2O2S2/c1-8(2)9(3)13(4)17(14,15)11-6-5-10(7-12)16-11/h5-6,8-9H,7,12H2,1-4H3. The number of sulfonamides is 1. The third-order valence-corrected chi connectivity index (χ3v) is 6.53. The second-order valence-corrected chi connectivity index (χ2v) is 7.82. The SMILES string of the molecule is CC(C)C(C)N(C)S(=O)(=O)c1ccc(CN)s1. The van der Waals surface area contributed by atoms with Crippen LogP contribution in [0.15, 0.2) is 16.3 Å². The van der Waals surface area contributed by atoms with Crippen LogP contribution in [0, 0.1) is 5.92 Å². The highest BCUT2D eigenvalue weighted by molar-refractivity contribution is 7.91. The van der Waals surface area contributed by atoms with Gasteiger partial charge < -0.3 is 5.73 Å². The molecule has 0 aliphatic carbocycles. The second-order valence-electron chi connectivity index (χ2n) is 4.43. The van der Waals surface area contributed by atoms with Gasteiger partial charge in [0.1, 0.15) is 4.21 Å². The Morgan fingerprint density at radius 1 is 1.35 bits per heavy atom. The van der Waals surface area contributed by atoms with Gasteiger partial charge in [-0.1, -0.05) is 13.8 Å². The largest absolute Gasteiger partial charge is 0.326 e. The van der Waals surface area contributed by atoms with Gasteiger partial charge in [-0.2, -0.15) is 4.31 Å². The summed E-state index contributed by atoms with van der Waals surface area (Å²) in [5.74, 6) is 0.281. The van der Waals surface area contributed by atoms with E-state index in [1.807, 2.05) is 20.8 Å². The molecule has 98 valence electrons. The maximum Gasteiger partial charge on any atom is 0.252 e. The summed E-state index contributed by atoms with van der Waals surface area (Å²) in [6.45, 7) is 6.32. The van der Waals surface area contributed by atoms with Gasteiger partial charge in [-0.25, -0.2) is 8.42 Å². The van der Waals surface area contributed by atoms with Crippen LogP contribution in [0.4, 0.5) is 0 Å². The number of nitrogens with two attached hydrogens (primary N) is 1. The van der Waals surface area contributed by atoms with Gasteiger partial charge in [0.15, 0.2) is 0 Å². The van der Waals surface area contributed by atoms with E-state index in [1.54, 1.807) is 19.2 Å². The minimum Gasteiger partial charge on any atom is -0.326 e. The van der Waals surface area contributed by atoms with Crippen molar-refractivity contribution < 1.29 is 8.42 Å². The van der Waals surface area contributed by atoms with Gasteiger partial charge in [0.2, 0.25) is 0 Å². The molecule has 1 heterocycles. The first-order chi connectivity index (χ1) is 7.80. The van der Waals surface area contributed by atoms with Gasteiger partial charge in [-0.15, -0.1) is 11.3 Å². The van der Waals surface area contributed by atoms with E-state index in [1.165, 1.54) is 15.6 Å². The molecule has 1 atom stereocenters. The Bertz CT molecular complexity index is 466. The monoisotopic (exact) mass is 276 g/mol. The van der Waals surface area contributed by atoms with Crippen molar-refractivity contribution in [2.75, 3.05) is 7.05 Å². The van der Waals surface area contributed by atoms with E-state index in [2.05, 4.69) is 0 Å². The molecule has 6 heteroatoms. The molecule has 2 N–H and O–H groups in total. The summed E-state index contributed by atoms with van der Waals surface area (Å²) >= 11 is 1.24. The summed E-state index contributed by atoms with van der Waals surface area (Å²) in [7, 11) is -1.75. The summed E-state index contributed by atoms with van der Waals surface area (Å²) in [5, 5.41) is 0. The topological polar surface area (TPSA) is 63.4 Å². The Hall–Kier alpha value is -0.430. The first kappa shape index (κ1) is 14.6. The molecule has 0 fully saturated rings. The highest BCUT2D eigenvalue weighted by Gasteiger charge is 2.28. The first-order valence-electron chi connectivity index (χ1n) is 5.57. The first-order valence-corrected chi connectivity index (χ1v) is 7.83. The van der Waals surface area contributed by atoms with Gasteiger partial charge in [0.25, 0.3) is 10.0 Å². The maximum absolute atomic E-state index is 12.3. The van der Waals surface area contributed by atoms with Gasteiger partial charge in [0.05, 0.1) is 0 Å². The molecule has 1 aromatic heterocycles. The number of hydrogen-bond acceptors (Lipinski definition) is 4. The van der Waals surface area contributed by atoms with Gasteiger partial charge in [-0.05, 0) is 25.0 Å². The molecular formula is C11H20N2O2S2. The smallest absolute Gasteiger partial charge is 0.252 e. The lowest BCUT2D eigenvalue weighted by atomic mass is 10.1. The molecule has 0 saturated carbocycles. The lowest BCUT2D eigenvalue weighted by Gasteiger charge is -2.26. The summed E-state index contributed by atoms with van der Waals surface area (Å²) in [4.78, 5) is 0.883. The van der Waals surface area contributed by atoms with E-state index in [0.29, 0.717) is 10.8 Å². The lowest BCUT2D eigenvalue weighted by molar-refractivity contribution is 0.316. The predicted octanol–water partition coefficient (Wildman–Crippen LogP) is 1.87. The molecular weight excluding hydrogens is 256 g/mol. The normalized spacial score (nSPS) is 14.5. The molecule has 1 aromatic rings. The fourth-order valence-corrected chi connectivity index (χ4v) is 4.30. The Labute approximate surface area is 107 Å². The molecule has 0 aliphatic rings. The van der Waals surface area contributed by atoms with E-state index >= 15 is 0 Å². The highest BCUT2D eigenvalue weighted by Crippen LogP contribution is 2.26. The zero-order valence-electron chi connectivity index (χ0n) is 10.7. The molecule has 0 amide bonds. The highest BCUT2D eigenvalue weighted by atomic mass is 32.2. The Kier molecular flexibility index (Phi) is 4.71. The minimum absolute atomic E-state index is 0.0246. The molecule has 0 aromatic carbocycles. The Balaban J connectivity index is 3.02. The lowest BCUT2D eigenvalue weighted by Crippen LogP contribution is -2.37. The van der Waals surface area contributed by atoms with Crippen LogP contribution < -0.4 is 5.73 Å². The summed E-state index contributed by atoms with van der Waals surface area (Å²) < 4.78 is 26.4. The van der Waals surface area contributed by atoms with Crippen LogP contribution in [-0.4, -0.2) is 25.8 Å². The molecule has 17 heavy (non-hydrogen) atoms. The van der Waals surface area contributed by atoms with Crippen LogP contribution in [0.5, 0.6) is 0 Å². The second kappa shape index (κ2) is 5.48. The van der Waals surface area contributed by atoms with E-state index < -0.39 is 10.0 Å². The fraction of sp³-hybridized carbons (Fsp3) is 0.636. The van der Waals surface area contributed by atoms with Crippen LogP contribution >= 0.6 is 11.3 Å². The van der Waals surface area contributed by atoms with E-state index in [-0.39, 0.29) is 12.0 Å². The van der Waals surface area contributed by atoms with Crippen LogP contribution in [0.2, 0.25) is 0 Å². The van der Waals surface area contributed by atoms with Crippen molar-refractivity contribution in [2.24, 2.45) is 11.7 Å². The Morgan fingerprint density at radius 2 is 1.94 bits per heavy atom. The molecule has 0 saturated heterocycles. The quantitative estimate of drug-likeness (QED) is 0.893. The van der Waals surface area contributed by atoms with Gasteiger partial charge >= 0.3 is 0 Å². The molecule has 0 spiro atoms. The Morgan fingerprint density at radius 3 is 2.35 bits per heavy atom. The van der Waals surface area contributed by atoms with Crippen LogP contribution in [0.25, 0.3) is 0 Å². The van der Waals surface area contributed by atoms with Crippen LogP contribution in [0.1, 0.15) is 25.6 Å². The average Bonchev–Trinajstić information content (AvgIpc) is 2.75. The summed E-state index contributed by atoms with van der Waals surface area (Å²) in [6, 6.07) is 3.38. The van der Waals surface area contributed by atoms with Crippen molar-refractivity contribution in [3.05, 3.63) is 17.0 Å². The number of nitrogens with zero attached hydrogens (tertiary/aromatic N) is 1. The molecule has 1 rings (SSSR count). The molecule has 1 unspecified atom stereocenters. The summed E-state index contributed by atoms with van der Waals surface area (Å²) in [5.41, 5.74) is 5.49. The van der Waals surface area contributed by atoms with Gasteiger partial charge in [-0.3, -0.25) is 0 Å². The molecule has 0 radical (unpaired) electrons. The number of rotatable bonds is 5. The molecule has 0 bridgehead atoms. The van der Waals surface area contributed by atoms with Crippen molar-refractivity contribution >= 4 is 21.4 Å². The van der Waals surface area contributed by atoms with Crippen molar-refractivity contribution in [3.8, 4) is 0 Å². The van der Waals surface area contributed by atoms with Crippen LogP contribution in [-0.2, 0) is 16.6 Å². The van der Waals surface area contributed by atoms with E-state index in [0.717, 1.165) is 4.88 Å². The number of thiophene rings is 1. The summed E-state index contributed by atoms with van der Waals surface area (Å²) in [6.07, 6.45) is 0. The average molecular weight is 276 g/mol. The van der Waals surface area contributed by atoms with Crippen molar-refractivity contribution in [2.45, 2.75) is 37.6 Å². The molecule has 4 nitrogen and oxygen atoms in total. The fourth-order valence-electron chi connectivity index (χ4n) is 1.39. The zero-order chi connectivity index (χ0) is 13.2. The van der Waals surface area contributed by atoms with E-state index in [9.17, 15) is 8.42 Å². The molecule has 0 aliphatic heterocycles. The van der Waals surface area contributed by atoms with Crippen molar-refractivity contribution in [3.63, 3.8) is 0 Å². The minimum atomic E-state index is -3.38. The van der Waals surface area contributed by atoms with Crippen LogP contribution in [0.3, 0.4) is 0 Å². The van der Waals surface area contributed by atoms with Crippen molar-refractivity contribution in [1.82, 2.24) is 4.31 Å².